The predicted octanol–water partition coefficient (Wildman–Crippen LogP) is 6.03. The zero-order chi connectivity index (χ0) is 30.1. The summed E-state index contributed by atoms with van der Waals surface area (Å²) in [6, 6.07) is 13.0. The molecule has 2 aromatic heterocycles. The standard InChI is InChI=1S/C29H30F4N8O/c1-19(42-28(2,3)4)39-11-13-40(14-12-39)24-16-20(15-21(30)17-24)25-9-10-34-27(37-25)36-22-5-7-23(8-6-22)41-18-35-26(38-41)29(31,32)33/h5-10,15-18H,1,11-14H2,2-4H3,(H,34,36,37). The lowest BCUT2D eigenvalue weighted by Gasteiger charge is -2.39. The number of nitrogens with zero attached hydrogens (tertiary/aromatic N) is 7. The number of hydrogen-bond acceptors (Lipinski definition) is 8. The molecule has 5 rings (SSSR count). The van der Waals surface area contributed by atoms with Gasteiger partial charge in [-0.2, -0.15) is 13.2 Å². The van der Waals surface area contributed by atoms with Crippen molar-refractivity contribution in [2.45, 2.75) is 32.5 Å². The highest BCUT2D eigenvalue weighted by molar-refractivity contribution is 5.67. The van der Waals surface area contributed by atoms with Crippen LogP contribution >= 0.6 is 0 Å². The Hall–Kier alpha value is -4.68. The zero-order valence-corrected chi connectivity index (χ0v) is 23.4. The van der Waals surface area contributed by atoms with E-state index in [1.165, 1.54) is 12.1 Å². The Labute approximate surface area is 240 Å². The molecule has 0 saturated carbocycles. The molecule has 1 saturated heterocycles. The van der Waals surface area contributed by atoms with E-state index < -0.39 is 12.0 Å². The lowest BCUT2D eigenvalue weighted by atomic mass is 10.1. The molecule has 0 spiro atoms. The van der Waals surface area contributed by atoms with E-state index in [-0.39, 0.29) is 17.4 Å². The second-order valence-corrected chi connectivity index (χ2v) is 10.7. The van der Waals surface area contributed by atoms with Crippen LogP contribution in [0.3, 0.4) is 0 Å². The van der Waals surface area contributed by atoms with Gasteiger partial charge in [-0.15, -0.1) is 5.10 Å². The van der Waals surface area contributed by atoms with Gasteiger partial charge in [-0.05, 0) is 75.9 Å². The van der Waals surface area contributed by atoms with Crippen molar-refractivity contribution < 1.29 is 22.3 Å². The quantitative estimate of drug-likeness (QED) is 0.209. The molecular formula is C29H30F4N8O. The van der Waals surface area contributed by atoms with Gasteiger partial charge in [0.25, 0.3) is 5.82 Å². The number of rotatable bonds is 7. The van der Waals surface area contributed by atoms with Crippen LogP contribution in [0.15, 0.2) is 73.5 Å². The van der Waals surface area contributed by atoms with Gasteiger partial charge in [0.15, 0.2) is 5.88 Å². The Kier molecular flexibility index (Phi) is 7.76. The van der Waals surface area contributed by atoms with Crippen LogP contribution in [0, 0.1) is 5.82 Å². The smallest absolute Gasteiger partial charge is 0.453 e. The summed E-state index contributed by atoms with van der Waals surface area (Å²) in [6.45, 7) is 12.7. The molecule has 0 aliphatic carbocycles. The fraction of sp³-hybridized carbons (Fsp3) is 0.310. The van der Waals surface area contributed by atoms with E-state index in [2.05, 4.69) is 41.7 Å². The van der Waals surface area contributed by atoms with Crippen LogP contribution in [0.25, 0.3) is 16.9 Å². The van der Waals surface area contributed by atoms with Crippen molar-refractivity contribution >= 4 is 17.3 Å². The van der Waals surface area contributed by atoms with Crippen molar-refractivity contribution in [3.8, 4) is 16.9 Å². The molecule has 2 aromatic carbocycles. The van der Waals surface area contributed by atoms with Gasteiger partial charge in [0, 0.05) is 49.3 Å². The van der Waals surface area contributed by atoms with Crippen molar-refractivity contribution in [3.05, 3.63) is 85.2 Å². The topological polar surface area (TPSA) is 84.2 Å². The number of aromatic nitrogens is 5. The molecule has 42 heavy (non-hydrogen) atoms. The van der Waals surface area contributed by atoms with E-state index in [9.17, 15) is 17.6 Å². The number of nitrogens with one attached hydrogen (secondary N) is 1. The maximum Gasteiger partial charge on any atom is 0.453 e. The number of ether oxygens (including phenoxy) is 1. The lowest BCUT2D eigenvalue weighted by Crippen LogP contribution is -2.46. The van der Waals surface area contributed by atoms with Gasteiger partial charge in [0.2, 0.25) is 5.95 Å². The van der Waals surface area contributed by atoms with Gasteiger partial charge >= 0.3 is 6.18 Å². The molecule has 9 nitrogen and oxygen atoms in total. The van der Waals surface area contributed by atoms with Crippen molar-refractivity contribution in [1.29, 1.82) is 0 Å². The SMILES string of the molecule is C=C(OC(C)(C)C)N1CCN(c2cc(F)cc(-c3ccnc(Nc4ccc(-n5cnc(C(F)(F)F)n5)cc4)n3)c2)CC1. The van der Waals surface area contributed by atoms with Gasteiger partial charge < -0.3 is 19.9 Å². The van der Waals surface area contributed by atoms with Crippen molar-refractivity contribution in [3.63, 3.8) is 0 Å². The third kappa shape index (κ3) is 6.96. The number of hydrogen-bond donors (Lipinski definition) is 1. The second-order valence-electron chi connectivity index (χ2n) is 10.7. The molecule has 220 valence electrons. The van der Waals surface area contributed by atoms with Crippen LogP contribution in [-0.4, -0.2) is 61.4 Å². The second kappa shape index (κ2) is 11.3. The van der Waals surface area contributed by atoms with E-state index in [0.717, 1.165) is 16.7 Å². The summed E-state index contributed by atoms with van der Waals surface area (Å²) in [7, 11) is 0. The maximum atomic E-state index is 14.7. The molecular weight excluding hydrogens is 552 g/mol. The molecule has 3 heterocycles. The molecule has 0 radical (unpaired) electrons. The van der Waals surface area contributed by atoms with E-state index in [1.54, 1.807) is 36.5 Å². The summed E-state index contributed by atoms with van der Waals surface area (Å²) < 4.78 is 60.1. The highest BCUT2D eigenvalue weighted by atomic mass is 19.4. The summed E-state index contributed by atoms with van der Waals surface area (Å²) in [5, 5.41) is 6.54. The molecule has 4 aromatic rings. The highest BCUT2D eigenvalue weighted by Crippen LogP contribution is 2.29. The first-order valence-electron chi connectivity index (χ1n) is 13.2. The third-order valence-electron chi connectivity index (χ3n) is 6.39. The molecule has 1 fully saturated rings. The van der Waals surface area contributed by atoms with Gasteiger partial charge in [-0.25, -0.2) is 24.0 Å². The van der Waals surface area contributed by atoms with E-state index >= 15 is 0 Å². The first kappa shape index (κ1) is 28.8. The number of alkyl halides is 3. The van der Waals surface area contributed by atoms with Gasteiger partial charge in [-0.3, -0.25) is 0 Å². The number of halogens is 4. The Bertz CT molecular complexity index is 1560. The normalized spacial score (nSPS) is 14.2. The number of benzene rings is 2. The predicted molar refractivity (Wildman–Crippen MR) is 151 cm³/mol. The number of piperazine rings is 1. The van der Waals surface area contributed by atoms with E-state index in [0.29, 0.717) is 54.7 Å². The average Bonchev–Trinajstić information content (AvgIpc) is 3.44. The van der Waals surface area contributed by atoms with Crippen molar-refractivity contribution in [2.75, 3.05) is 36.4 Å². The average molecular weight is 583 g/mol. The van der Waals surface area contributed by atoms with Crippen LogP contribution in [0.1, 0.15) is 26.6 Å². The Morgan fingerprint density at radius 2 is 1.64 bits per heavy atom. The van der Waals surface area contributed by atoms with Crippen LogP contribution in [0.5, 0.6) is 0 Å². The highest BCUT2D eigenvalue weighted by Gasteiger charge is 2.35. The van der Waals surface area contributed by atoms with Crippen LogP contribution in [0.4, 0.5) is 34.9 Å². The van der Waals surface area contributed by atoms with Crippen LogP contribution in [0.2, 0.25) is 0 Å². The Balaban J connectivity index is 1.27. The minimum Gasteiger partial charge on any atom is -0.474 e. The Morgan fingerprint density at radius 1 is 0.929 bits per heavy atom. The van der Waals surface area contributed by atoms with Crippen LogP contribution in [-0.2, 0) is 10.9 Å². The number of anilines is 3. The monoisotopic (exact) mass is 582 g/mol. The molecule has 0 unspecified atom stereocenters. The minimum atomic E-state index is -4.62. The van der Waals surface area contributed by atoms with E-state index in [4.69, 9.17) is 4.74 Å². The summed E-state index contributed by atoms with van der Waals surface area (Å²) in [6.07, 6.45) is -2.05. The molecule has 1 N–H and O–H groups in total. The summed E-state index contributed by atoms with van der Waals surface area (Å²) in [5.74, 6) is -0.686. The van der Waals surface area contributed by atoms with Crippen molar-refractivity contribution in [1.82, 2.24) is 29.6 Å². The fourth-order valence-corrected chi connectivity index (χ4v) is 4.46. The van der Waals surface area contributed by atoms with Crippen molar-refractivity contribution in [2.24, 2.45) is 0 Å². The molecule has 13 heteroatoms. The first-order chi connectivity index (χ1) is 19.8. The fourth-order valence-electron chi connectivity index (χ4n) is 4.46. The molecule has 1 aliphatic heterocycles. The molecule has 0 bridgehead atoms. The van der Waals surface area contributed by atoms with Gasteiger partial charge in [-0.1, -0.05) is 0 Å². The minimum absolute atomic E-state index is 0.275. The summed E-state index contributed by atoms with van der Waals surface area (Å²) in [5.41, 5.74) is 2.54. The van der Waals surface area contributed by atoms with Crippen LogP contribution < -0.4 is 10.2 Å². The third-order valence-corrected chi connectivity index (χ3v) is 6.39. The molecule has 1 aliphatic rings. The summed E-state index contributed by atoms with van der Waals surface area (Å²) >= 11 is 0. The summed E-state index contributed by atoms with van der Waals surface area (Å²) in [4.78, 5) is 16.3. The first-order valence-corrected chi connectivity index (χ1v) is 13.2. The Morgan fingerprint density at radius 3 is 2.29 bits per heavy atom. The maximum absolute atomic E-state index is 14.7. The largest absolute Gasteiger partial charge is 0.474 e. The van der Waals surface area contributed by atoms with Gasteiger partial charge in [0.05, 0.1) is 11.4 Å². The molecule has 0 amide bonds. The zero-order valence-electron chi connectivity index (χ0n) is 23.4. The molecule has 0 atom stereocenters. The van der Waals surface area contributed by atoms with Gasteiger partial charge in [0.1, 0.15) is 17.7 Å². The van der Waals surface area contributed by atoms with E-state index in [1.807, 2.05) is 26.8 Å². The lowest BCUT2D eigenvalue weighted by molar-refractivity contribution is -0.144.